The molecule has 1 fully saturated rings. The molecule has 1 saturated carbocycles. The molecule has 4 N–H and O–H groups in total. The summed E-state index contributed by atoms with van der Waals surface area (Å²) in [7, 11) is 0. The Hall–Kier alpha value is -1.75. The zero-order chi connectivity index (χ0) is 14.5. The Bertz CT molecular complexity index is 515. The molecule has 2 rings (SSSR count). The van der Waals surface area contributed by atoms with Crippen molar-refractivity contribution >= 4 is 29.1 Å². The maximum absolute atomic E-state index is 11.8. The fraction of sp³-hybridized carbons (Fsp3) is 0.429. The van der Waals surface area contributed by atoms with Crippen molar-refractivity contribution < 1.29 is 9.59 Å². The fourth-order valence-electron chi connectivity index (χ4n) is 1.75. The van der Waals surface area contributed by atoms with Gasteiger partial charge < -0.3 is 16.4 Å². The maximum atomic E-state index is 11.8. The van der Waals surface area contributed by atoms with Gasteiger partial charge in [0.15, 0.2) is 0 Å². The van der Waals surface area contributed by atoms with E-state index in [2.05, 4.69) is 10.6 Å². The average molecular weight is 296 g/mol. The van der Waals surface area contributed by atoms with Crippen molar-refractivity contribution in [3.05, 3.63) is 28.8 Å². The summed E-state index contributed by atoms with van der Waals surface area (Å²) in [4.78, 5) is 23.3. The Balaban J connectivity index is 1.68. The van der Waals surface area contributed by atoms with E-state index in [-0.39, 0.29) is 11.8 Å². The molecule has 1 aromatic rings. The van der Waals surface area contributed by atoms with Crippen LogP contribution in [-0.2, 0) is 4.79 Å². The van der Waals surface area contributed by atoms with E-state index in [1.807, 2.05) is 0 Å². The summed E-state index contributed by atoms with van der Waals surface area (Å²) in [5.41, 5.74) is 6.49. The van der Waals surface area contributed by atoms with Gasteiger partial charge in [0.2, 0.25) is 5.91 Å². The molecule has 0 radical (unpaired) electrons. The molecule has 2 amide bonds. The van der Waals surface area contributed by atoms with E-state index >= 15 is 0 Å². The number of nitrogens with two attached hydrogens (primary N) is 1. The first kappa shape index (κ1) is 14.7. The zero-order valence-electron chi connectivity index (χ0n) is 11.1. The monoisotopic (exact) mass is 295 g/mol. The average Bonchev–Trinajstić information content (AvgIpc) is 3.21. The zero-order valence-corrected chi connectivity index (χ0v) is 11.9. The molecular weight excluding hydrogens is 278 g/mol. The van der Waals surface area contributed by atoms with Gasteiger partial charge in [0, 0.05) is 24.6 Å². The number of hydrogen-bond acceptors (Lipinski definition) is 3. The molecule has 0 aliphatic heterocycles. The number of carbonyl (C=O) groups is 2. The first-order chi connectivity index (χ1) is 9.56. The molecule has 0 saturated heterocycles. The molecule has 0 aromatic heterocycles. The summed E-state index contributed by atoms with van der Waals surface area (Å²) in [6.07, 6.45) is 3.22. The summed E-state index contributed by atoms with van der Waals surface area (Å²) >= 11 is 5.86. The van der Waals surface area contributed by atoms with Crippen molar-refractivity contribution in [1.82, 2.24) is 10.6 Å². The number of amides is 2. The second-order valence-corrected chi connectivity index (χ2v) is 5.34. The van der Waals surface area contributed by atoms with Crippen LogP contribution in [0.15, 0.2) is 18.2 Å². The van der Waals surface area contributed by atoms with Crippen molar-refractivity contribution in [3.8, 4) is 0 Å². The molecule has 1 aliphatic carbocycles. The SMILES string of the molecule is Nc1ccc(C(=O)NCCCC(=O)NC2CC2)cc1Cl. The third-order valence-electron chi connectivity index (χ3n) is 3.07. The number of rotatable bonds is 6. The molecule has 0 atom stereocenters. The standard InChI is InChI=1S/C14H18ClN3O2/c15-11-8-9(3-6-12(11)16)14(20)17-7-1-2-13(19)18-10-4-5-10/h3,6,8,10H,1-2,4-5,7,16H2,(H,17,20)(H,18,19). The van der Waals surface area contributed by atoms with Crippen LogP contribution in [0.1, 0.15) is 36.0 Å². The molecule has 1 aliphatic rings. The highest BCUT2D eigenvalue weighted by Crippen LogP contribution is 2.19. The lowest BCUT2D eigenvalue weighted by atomic mass is 10.2. The van der Waals surface area contributed by atoms with Crippen LogP contribution >= 0.6 is 11.6 Å². The third kappa shape index (κ3) is 4.42. The van der Waals surface area contributed by atoms with Crippen LogP contribution in [0.2, 0.25) is 5.02 Å². The fourth-order valence-corrected chi connectivity index (χ4v) is 1.93. The van der Waals surface area contributed by atoms with Crippen LogP contribution in [0.5, 0.6) is 0 Å². The number of anilines is 1. The second-order valence-electron chi connectivity index (χ2n) is 4.94. The Morgan fingerprint density at radius 2 is 2.10 bits per heavy atom. The van der Waals surface area contributed by atoms with Crippen LogP contribution in [0.4, 0.5) is 5.69 Å². The van der Waals surface area contributed by atoms with Gasteiger partial charge in [0.05, 0.1) is 10.7 Å². The van der Waals surface area contributed by atoms with Gasteiger partial charge >= 0.3 is 0 Å². The van der Waals surface area contributed by atoms with Crippen molar-refractivity contribution in [3.63, 3.8) is 0 Å². The van der Waals surface area contributed by atoms with E-state index in [0.29, 0.717) is 41.7 Å². The van der Waals surface area contributed by atoms with Gasteiger partial charge in [-0.25, -0.2) is 0 Å². The molecule has 20 heavy (non-hydrogen) atoms. The minimum absolute atomic E-state index is 0.0530. The largest absolute Gasteiger partial charge is 0.398 e. The van der Waals surface area contributed by atoms with Crippen molar-refractivity contribution in [2.45, 2.75) is 31.7 Å². The van der Waals surface area contributed by atoms with Crippen molar-refractivity contribution in [2.24, 2.45) is 0 Å². The first-order valence-electron chi connectivity index (χ1n) is 6.69. The topological polar surface area (TPSA) is 84.2 Å². The minimum atomic E-state index is -0.213. The van der Waals surface area contributed by atoms with Gasteiger partial charge in [-0.2, -0.15) is 0 Å². The molecule has 0 bridgehead atoms. The van der Waals surface area contributed by atoms with E-state index in [1.165, 1.54) is 6.07 Å². The molecule has 5 nitrogen and oxygen atoms in total. The van der Waals surface area contributed by atoms with Gasteiger partial charge in [-0.3, -0.25) is 9.59 Å². The van der Waals surface area contributed by atoms with Crippen LogP contribution in [0, 0.1) is 0 Å². The number of carbonyl (C=O) groups excluding carboxylic acids is 2. The van der Waals surface area contributed by atoms with Gasteiger partial charge in [0.25, 0.3) is 5.91 Å². The summed E-state index contributed by atoms with van der Waals surface area (Å²) in [6, 6.07) is 5.14. The van der Waals surface area contributed by atoms with Crippen LogP contribution in [-0.4, -0.2) is 24.4 Å². The normalized spacial score (nSPS) is 13.8. The molecular formula is C14H18ClN3O2. The van der Waals surface area contributed by atoms with Crippen LogP contribution in [0.25, 0.3) is 0 Å². The second kappa shape index (κ2) is 6.61. The van der Waals surface area contributed by atoms with E-state index < -0.39 is 0 Å². The lowest BCUT2D eigenvalue weighted by Crippen LogP contribution is -2.28. The summed E-state index contributed by atoms with van der Waals surface area (Å²) in [6.45, 7) is 0.457. The highest BCUT2D eigenvalue weighted by atomic mass is 35.5. The number of nitrogens with one attached hydrogen (secondary N) is 2. The Kier molecular flexibility index (Phi) is 4.84. The van der Waals surface area contributed by atoms with E-state index in [1.54, 1.807) is 12.1 Å². The first-order valence-corrected chi connectivity index (χ1v) is 7.06. The van der Waals surface area contributed by atoms with Crippen molar-refractivity contribution in [2.75, 3.05) is 12.3 Å². The quantitative estimate of drug-likeness (QED) is 0.552. The Labute approximate surface area is 122 Å². The number of halogens is 1. The number of benzene rings is 1. The predicted molar refractivity (Wildman–Crippen MR) is 78.6 cm³/mol. The smallest absolute Gasteiger partial charge is 0.251 e. The number of hydrogen-bond donors (Lipinski definition) is 3. The minimum Gasteiger partial charge on any atom is -0.398 e. The molecule has 108 valence electrons. The maximum Gasteiger partial charge on any atom is 0.251 e. The van der Waals surface area contributed by atoms with Crippen LogP contribution < -0.4 is 16.4 Å². The van der Waals surface area contributed by atoms with E-state index in [4.69, 9.17) is 17.3 Å². The Morgan fingerprint density at radius 1 is 1.35 bits per heavy atom. The lowest BCUT2D eigenvalue weighted by molar-refractivity contribution is -0.121. The van der Waals surface area contributed by atoms with Gasteiger partial charge in [-0.05, 0) is 37.5 Å². The molecule has 6 heteroatoms. The molecule has 0 heterocycles. The summed E-state index contributed by atoms with van der Waals surface area (Å²) in [5.74, 6) is -0.160. The number of nitrogen functional groups attached to an aromatic ring is 1. The van der Waals surface area contributed by atoms with Gasteiger partial charge in [-0.1, -0.05) is 11.6 Å². The predicted octanol–water partition coefficient (Wildman–Crippen LogP) is 1.71. The molecule has 0 unspecified atom stereocenters. The molecule has 0 spiro atoms. The van der Waals surface area contributed by atoms with E-state index in [0.717, 1.165) is 12.8 Å². The molecule has 1 aromatic carbocycles. The van der Waals surface area contributed by atoms with E-state index in [9.17, 15) is 9.59 Å². The van der Waals surface area contributed by atoms with Gasteiger partial charge in [0.1, 0.15) is 0 Å². The van der Waals surface area contributed by atoms with Gasteiger partial charge in [-0.15, -0.1) is 0 Å². The highest BCUT2D eigenvalue weighted by Gasteiger charge is 2.22. The van der Waals surface area contributed by atoms with Crippen LogP contribution in [0.3, 0.4) is 0 Å². The summed E-state index contributed by atoms with van der Waals surface area (Å²) in [5, 5.41) is 6.02. The highest BCUT2D eigenvalue weighted by molar-refractivity contribution is 6.33. The third-order valence-corrected chi connectivity index (χ3v) is 3.40. The summed E-state index contributed by atoms with van der Waals surface area (Å²) < 4.78 is 0. The van der Waals surface area contributed by atoms with Crippen molar-refractivity contribution in [1.29, 1.82) is 0 Å². The Morgan fingerprint density at radius 3 is 2.75 bits per heavy atom. The lowest BCUT2D eigenvalue weighted by Gasteiger charge is -2.07.